The molecule has 0 aliphatic heterocycles. The predicted octanol–water partition coefficient (Wildman–Crippen LogP) is 3.41. The Labute approximate surface area is 110 Å². The van der Waals surface area contributed by atoms with Gasteiger partial charge in [0.25, 0.3) is 0 Å². The van der Waals surface area contributed by atoms with Crippen LogP contribution in [0.15, 0.2) is 0 Å². The van der Waals surface area contributed by atoms with E-state index in [0.29, 0.717) is 11.7 Å². The summed E-state index contributed by atoms with van der Waals surface area (Å²) in [7, 11) is 0. The highest BCUT2D eigenvalue weighted by Gasteiger charge is 2.18. The van der Waals surface area contributed by atoms with Gasteiger partial charge >= 0.3 is 0 Å². The number of hydrogen-bond donors (Lipinski definition) is 1. The monoisotopic (exact) mass is 331 g/mol. The molecule has 4 heteroatoms. The summed E-state index contributed by atoms with van der Waals surface area (Å²) in [6.07, 6.45) is 7.77. The van der Waals surface area contributed by atoms with E-state index in [0.717, 1.165) is 15.1 Å². The molecular weight excluding hydrogens is 313 g/mol. The number of nitrogen functional groups attached to an aromatic ring is 1. The Morgan fingerprint density at radius 1 is 1.12 bits per heavy atom. The van der Waals surface area contributed by atoms with Crippen LogP contribution in [0.5, 0.6) is 0 Å². The van der Waals surface area contributed by atoms with E-state index in [4.69, 9.17) is 5.73 Å². The Bertz CT molecular complexity index is 348. The van der Waals surface area contributed by atoms with Crippen molar-refractivity contribution in [2.75, 3.05) is 5.73 Å². The van der Waals surface area contributed by atoms with Crippen LogP contribution in [0.2, 0.25) is 0 Å². The molecule has 1 aliphatic rings. The predicted molar refractivity (Wildman–Crippen MR) is 74.3 cm³/mol. The van der Waals surface area contributed by atoms with Crippen LogP contribution in [-0.4, -0.2) is 9.97 Å². The molecule has 1 saturated carbocycles. The van der Waals surface area contributed by atoms with E-state index in [1.54, 1.807) is 0 Å². The number of nitrogens with two attached hydrogens (primary N) is 1. The number of hydrogen-bond acceptors (Lipinski definition) is 3. The molecule has 0 atom stereocenters. The summed E-state index contributed by atoms with van der Waals surface area (Å²) in [6, 6.07) is 0. The van der Waals surface area contributed by atoms with Crippen molar-refractivity contribution in [3.05, 3.63) is 15.1 Å². The van der Waals surface area contributed by atoms with Gasteiger partial charge in [-0.2, -0.15) is 0 Å². The molecule has 0 amide bonds. The van der Waals surface area contributed by atoms with E-state index < -0.39 is 0 Å². The summed E-state index contributed by atoms with van der Waals surface area (Å²) in [5.41, 5.74) is 6.93. The first kappa shape index (κ1) is 12.1. The third kappa shape index (κ3) is 2.64. The first-order chi connectivity index (χ1) is 7.68. The third-order valence-electron chi connectivity index (χ3n) is 3.28. The van der Waals surface area contributed by atoms with Gasteiger partial charge in [0.05, 0.1) is 9.26 Å². The lowest BCUT2D eigenvalue weighted by Gasteiger charge is -2.14. The smallest absolute Gasteiger partial charge is 0.140 e. The van der Waals surface area contributed by atoms with Crippen LogP contribution in [-0.2, 0) is 0 Å². The molecule has 0 saturated heterocycles. The molecule has 0 aromatic carbocycles. The maximum atomic E-state index is 5.91. The molecule has 1 heterocycles. The zero-order valence-corrected chi connectivity index (χ0v) is 11.8. The van der Waals surface area contributed by atoms with Crippen LogP contribution in [0.1, 0.15) is 56.0 Å². The first-order valence-corrected chi connectivity index (χ1v) is 7.06. The van der Waals surface area contributed by atoms with Gasteiger partial charge in [0.2, 0.25) is 0 Å². The molecule has 88 valence electrons. The van der Waals surface area contributed by atoms with Gasteiger partial charge in [0.1, 0.15) is 11.6 Å². The minimum Gasteiger partial charge on any atom is -0.383 e. The maximum Gasteiger partial charge on any atom is 0.140 e. The van der Waals surface area contributed by atoms with E-state index in [1.165, 1.54) is 38.5 Å². The van der Waals surface area contributed by atoms with Crippen molar-refractivity contribution in [1.29, 1.82) is 0 Å². The molecule has 0 unspecified atom stereocenters. The fourth-order valence-electron chi connectivity index (χ4n) is 2.32. The van der Waals surface area contributed by atoms with Gasteiger partial charge in [0.15, 0.2) is 0 Å². The molecule has 1 fully saturated rings. The molecule has 1 aliphatic carbocycles. The first-order valence-electron chi connectivity index (χ1n) is 5.98. The summed E-state index contributed by atoms with van der Waals surface area (Å²) in [6.45, 7) is 2.01. The van der Waals surface area contributed by atoms with Gasteiger partial charge in [-0.3, -0.25) is 0 Å². The van der Waals surface area contributed by atoms with Gasteiger partial charge in [-0.25, -0.2) is 9.97 Å². The van der Waals surface area contributed by atoms with E-state index in [-0.39, 0.29) is 0 Å². The van der Waals surface area contributed by atoms with Crippen LogP contribution >= 0.6 is 22.6 Å². The lowest BCUT2D eigenvalue weighted by molar-refractivity contribution is 0.559. The van der Waals surface area contributed by atoms with Crippen LogP contribution in [0.3, 0.4) is 0 Å². The van der Waals surface area contributed by atoms with Gasteiger partial charge in [-0.15, -0.1) is 0 Å². The Hall–Kier alpha value is -0.390. The second kappa shape index (κ2) is 5.29. The average Bonchev–Trinajstić information content (AvgIpc) is 2.53. The Morgan fingerprint density at radius 2 is 1.75 bits per heavy atom. The molecule has 0 bridgehead atoms. The van der Waals surface area contributed by atoms with Crippen molar-refractivity contribution in [3.8, 4) is 0 Å². The van der Waals surface area contributed by atoms with Crippen molar-refractivity contribution in [1.82, 2.24) is 9.97 Å². The van der Waals surface area contributed by atoms with Gasteiger partial charge in [-0.1, -0.05) is 25.7 Å². The number of rotatable bonds is 1. The second-order valence-corrected chi connectivity index (χ2v) is 5.63. The minimum absolute atomic E-state index is 0.528. The zero-order chi connectivity index (χ0) is 11.5. The van der Waals surface area contributed by atoms with Crippen LogP contribution in [0.25, 0.3) is 0 Å². The quantitative estimate of drug-likeness (QED) is 0.634. The van der Waals surface area contributed by atoms with E-state index in [2.05, 4.69) is 32.6 Å². The van der Waals surface area contributed by atoms with Gasteiger partial charge in [-0.05, 0) is 42.4 Å². The molecule has 16 heavy (non-hydrogen) atoms. The number of aromatic nitrogens is 2. The lowest BCUT2D eigenvalue weighted by Crippen LogP contribution is -2.09. The normalized spacial score (nSPS) is 18.4. The van der Waals surface area contributed by atoms with Crippen molar-refractivity contribution in [3.63, 3.8) is 0 Å². The molecule has 3 nitrogen and oxygen atoms in total. The summed E-state index contributed by atoms with van der Waals surface area (Å²) in [5.74, 6) is 2.14. The fourth-order valence-corrected chi connectivity index (χ4v) is 2.57. The topological polar surface area (TPSA) is 51.8 Å². The van der Waals surface area contributed by atoms with Crippen LogP contribution in [0, 0.1) is 10.5 Å². The molecule has 1 aromatic rings. The van der Waals surface area contributed by atoms with Crippen molar-refractivity contribution in [2.45, 2.75) is 51.4 Å². The average molecular weight is 331 g/mol. The van der Waals surface area contributed by atoms with Crippen molar-refractivity contribution >= 4 is 28.4 Å². The highest BCUT2D eigenvalue weighted by atomic mass is 127. The summed E-state index contributed by atoms with van der Waals surface area (Å²) in [4.78, 5) is 9.06. The largest absolute Gasteiger partial charge is 0.383 e. The van der Waals surface area contributed by atoms with Crippen molar-refractivity contribution in [2.24, 2.45) is 0 Å². The zero-order valence-electron chi connectivity index (χ0n) is 9.67. The van der Waals surface area contributed by atoms with E-state index in [9.17, 15) is 0 Å². The molecule has 2 rings (SSSR count). The summed E-state index contributed by atoms with van der Waals surface area (Å²) >= 11 is 2.21. The molecule has 0 spiro atoms. The van der Waals surface area contributed by atoms with Crippen molar-refractivity contribution < 1.29 is 0 Å². The fraction of sp³-hybridized carbons (Fsp3) is 0.667. The van der Waals surface area contributed by atoms with E-state index >= 15 is 0 Å². The van der Waals surface area contributed by atoms with Crippen LogP contribution < -0.4 is 5.73 Å². The Kier molecular flexibility index (Phi) is 4.00. The molecule has 2 N–H and O–H groups in total. The SMILES string of the molecule is Cc1nc(C2CCCCCC2)nc(N)c1I. The number of anilines is 1. The van der Waals surface area contributed by atoms with Gasteiger partial charge in [0, 0.05) is 5.92 Å². The molecular formula is C12H18IN3. The standard InChI is InChI=1S/C12H18IN3/c1-8-10(13)11(14)16-12(15-8)9-6-4-2-3-5-7-9/h9H,2-7H2,1H3,(H2,14,15,16). The second-order valence-electron chi connectivity index (χ2n) is 4.55. The highest BCUT2D eigenvalue weighted by Crippen LogP contribution is 2.30. The number of halogens is 1. The maximum absolute atomic E-state index is 5.91. The number of nitrogens with zero attached hydrogens (tertiary/aromatic N) is 2. The Morgan fingerprint density at radius 3 is 2.31 bits per heavy atom. The number of aryl methyl sites for hydroxylation is 1. The summed E-state index contributed by atoms with van der Waals surface area (Å²) < 4.78 is 0.995. The Balaban J connectivity index is 2.25. The lowest BCUT2D eigenvalue weighted by atomic mass is 9.99. The summed E-state index contributed by atoms with van der Waals surface area (Å²) in [5, 5.41) is 0. The van der Waals surface area contributed by atoms with Crippen LogP contribution in [0.4, 0.5) is 5.82 Å². The minimum atomic E-state index is 0.528. The highest BCUT2D eigenvalue weighted by molar-refractivity contribution is 14.1. The van der Waals surface area contributed by atoms with E-state index in [1.807, 2.05) is 6.92 Å². The molecule has 0 radical (unpaired) electrons. The van der Waals surface area contributed by atoms with Gasteiger partial charge < -0.3 is 5.73 Å². The third-order valence-corrected chi connectivity index (χ3v) is 4.61. The molecule has 1 aromatic heterocycles.